The quantitative estimate of drug-likeness (QED) is 0.888. The van der Waals surface area contributed by atoms with Gasteiger partial charge in [-0.2, -0.15) is 0 Å². The molecule has 0 bridgehead atoms. The number of rotatable bonds is 5. The first kappa shape index (κ1) is 17.1. The Morgan fingerprint density at radius 1 is 1.19 bits per heavy atom. The molecule has 6 nitrogen and oxygen atoms in total. The van der Waals surface area contributed by atoms with E-state index in [1.807, 2.05) is 24.4 Å². The molecular formula is C20H24N4O2. The van der Waals surface area contributed by atoms with Gasteiger partial charge in [-0.3, -0.25) is 19.7 Å². The molecule has 0 saturated carbocycles. The SMILES string of the molecule is O=C(NCc1cccnc1)[C@@H]1C[C@H]2OCC[C@H]2N(Cc2cccnc2)C1. The van der Waals surface area contributed by atoms with Crippen molar-refractivity contribution in [3.63, 3.8) is 0 Å². The van der Waals surface area contributed by atoms with Crippen LogP contribution in [-0.4, -0.2) is 46.1 Å². The summed E-state index contributed by atoms with van der Waals surface area (Å²) < 4.78 is 5.92. The first-order chi connectivity index (χ1) is 12.8. The summed E-state index contributed by atoms with van der Waals surface area (Å²) in [5.41, 5.74) is 2.19. The topological polar surface area (TPSA) is 67.3 Å². The lowest BCUT2D eigenvalue weighted by atomic mass is 9.89. The van der Waals surface area contributed by atoms with Crippen molar-refractivity contribution in [1.82, 2.24) is 20.2 Å². The van der Waals surface area contributed by atoms with Crippen LogP contribution in [0.25, 0.3) is 0 Å². The van der Waals surface area contributed by atoms with Gasteiger partial charge >= 0.3 is 0 Å². The third-order valence-electron chi connectivity index (χ3n) is 5.28. The molecule has 0 unspecified atom stereocenters. The number of hydrogen-bond donors (Lipinski definition) is 1. The molecule has 2 aliphatic rings. The van der Waals surface area contributed by atoms with Gasteiger partial charge in [-0.05, 0) is 36.1 Å². The van der Waals surface area contributed by atoms with E-state index >= 15 is 0 Å². The first-order valence-corrected chi connectivity index (χ1v) is 9.21. The summed E-state index contributed by atoms with van der Waals surface area (Å²) in [5.74, 6) is 0.0432. The fourth-order valence-corrected chi connectivity index (χ4v) is 3.99. The van der Waals surface area contributed by atoms with Crippen molar-refractivity contribution in [2.75, 3.05) is 13.2 Å². The molecule has 136 valence electrons. The Kier molecular flexibility index (Phi) is 5.22. The van der Waals surface area contributed by atoms with Crippen molar-refractivity contribution < 1.29 is 9.53 Å². The molecule has 2 aromatic rings. The molecule has 2 fully saturated rings. The van der Waals surface area contributed by atoms with Crippen molar-refractivity contribution in [3.8, 4) is 0 Å². The average molecular weight is 352 g/mol. The summed E-state index contributed by atoms with van der Waals surface area (Å²) in [6, 6.07) is 8.30. The number of carbonyl (C=O) groups excluding carboxylic acids is 1. The van der Waals surface area contributed by atoms with Gasteiger partial charge < -0.3 is 10.1 Å². The standard InChI is InChI=1S/C20H24N4O2/c25-20(23-12-15-3-1-6-21-10-15)17-9-19-18(5-8-26-19)24(14-17)13-16-4-2-7-22-11-16/h1-4,6-7,10-11,17-19H,5,8-9,12-14H2,(H,23,25)/t17-,18-,19-/m1/s1. The summed E-state index contributed by atoms with van der Waals surface area (Å²) in [6.45, 7) is 2.87. The summed E-state index contributed by atoms with van der Waals surface area (Å²) >= 11 is 0. The van der Waals surface area contributed by atoms with E-state index in [-0.39, 0.29) is 17.9 Å². The molecule has 3 atom stereocenters. The van der Waals surface area contributed by atoms with Crippen molar-refractivity contribution in [2.45, 2.75) is 38.1 Å². The van der Waals surface area contributed by atoms with E-state index in [2.05, 4.69) is 26.3 Å². The van der Waals surface area contributed by atoms with E-state index < -0.39 is 0 Å². The molecule has 6 heteroatoms. The molecule has 2 saturated heterocycles. The van der Waals surface area contributed by atoms with Crippen molar-refractivity contribution >= 4 is 5.91 Å². The zero-order valence-corrected chi connectivity index (χ0v) is 14.8. The maximum Gasteiger partial charge on any atom is 0.224 e. The highest BCUT2D eigenvalue weighted by atomic mass is 16.5. The number of ether oxygens (including phenoxy) is 1. The zero-order chi connectivity index (χ0) is 17.8. The van der Waals surface area contributed by atoms with Gasteiger partial charge in [-0.25, -0.2) is 0 Å². The fourth-order valence-electron chi connectivity index (χ4n) is 3.99. The average Bonchev–Trinajstić information content (AvgIpc) is 3.17. The van der Waals surface area contributed by atoms with Crippen LogP contribution in [-0.2, 0) is 22.6 Å². The Labute approximate surface area is 153 Å². The van der Waals surface area contributed by atoms with E-state index in [0.717, 1.165) is 38.1 Å². The highest BCUT2D eigenvalue weighted by Crippen LogP contribution is 2.32. The minimum absolute atomic E-state index is 0.0531. The number of nitrogens with zero attached hydrogens (tertiary/aromatic N) is 3. The van der Waals surface area contributed by atoms with Crippen LogP contribution in [0.5, 0.6) is 0 Å². The molecule has 0 radical (unpaired) electrons. The second-order valence-corrected chi connectivity index (χ2v) is 7.07. The third kappa shape index (κ3) is 3.92. The van der Waals surface area contributed by atoms with E-state index in [9.17, 15) is 4.79 Å². The van der Waals surface area contributed by atoms with E-state index in [0.29, 0.717) is 12.6 Å². The van der Waals surface area contributed by atoms with Crippen LogP contribution < -0.4 is 5.32 Å². The molecule has 0 aromatic carbocycles. The Morgan fingerprint density at radius 2 is 1.96 bits per heavy atom. The molecule has 1 amide bonds. The van der Waals surface area contributed by atoms with Crippen molar-refractivity contribution in [1.29, 1.82) is 0 Å². The first-order valence-electron chi connectivity index (χ1n) is 9.21. The van der Waals surface area contributed by atoms with Crippen LogP contribution >= 0.6 is 0 Å². The summed E-state index contributed by atoms with van der Waals surface area (Å²) in [7, 11) is 0. The number of aromatic nitrogens is 2. The van der Waals surface area contributed by atoms with Crippen LogP contribution in [0, 0.1) is 5.92 Å². The minimum atomic E-state index is -0.0531. The third-order valence-corrected chi connectivity index (χ3v) is 5.28. The number of hydrogen-bond acceptors (Lipinski definition) is 5. The number of carbonyl (C=O) groups is 1. The van der Waals surface area contributed by atoms with E-state index in [1.165, 1.54) is 5.56 Å². The predicted octanol–water partition coefficient (Wildman–Crippen LogP) is 1.77. The molecule has 2 aromatic heterocycles. The lowest BCUT2D eigenvalue weighted by molar-refractivity contribution is -0.130. The Hall–Kier alpha value is -2.31. The molecule has 0 aliphatic carbocycles. The molecule has 26 heavy (non-hydrogen) atoms. The van der Waals surface area contributed by atoms with Crippen LogP contribution in [0.15, 0.2) is 49.1 Å². The predicted molar refractivity (Wildman–Crippen MR) is 97.0 cm³/mol. The minimum Gasteiger partial charge on any atom is -0.377 e. The summed E-state index contributed by atoms with van der Waals surface area (Å²) in [6.07, 6.45) is 9.19. The number of nitrogens with one attached hydrogen (secondary N) is 1. The van der Waals surface area contributed by atoms with Crippen molar-refractivity contribution in [2.24, 2.45) is 5.92 Å². The molecule has 4 heterocycles. The summed E-state index contributed by atoms with van der Waals surface area (Å²) in [5, 5.41) is 3.06. The molecule has 1 N–H and O–H groups in total. The van der Waals surface area contributed by atoms with Gasteiger partial charge in [-0.15, -0.1) is 0 Å². The summed E-state index contributed by atoms with van der Waals surface area (Å²) in [4.78, 5) is 23.4. The number of amides is 1. The Morgan fingerprint density at radius 3 is 2.69 bits per heavy atom. The van der Waals surface area contributed by atoms with E-state index in [4.69, 9.17) is 4.74 Å². The molecular weight excluding hydrogens is 328 g/mol. The monoisotopic (exact) mass is 352 g/mol. The van der Waals surface area contributed by atoms with Gasteiger partial charge in [0.25, 0.3) is 0 Å². The van der Waals surface area contributed by atoms with Gasteiger partial charge in [0.05, 0.1) is 12.0 Å². The molecule has 2 aliphatic heterocycles. The maximum atomic E-state index is 12.7. The van der Waals surface area contributed by atoms with Gasteiger partial charge in [0, 0.05) is 57.1 Å². The Bertz CT molecular complexity index is 725. The van der Waals surface area contributed by atoms with Crippen LogP contribution in [0.2, 0.25) is 0 Å². The number of pyridine rings is 2. The largest absolute Gasteiger partial charge is 0.377 e. The number of likely N-dealkylation sites (tertiary alicyclic amines) is 1. The Balaban J connectivity index is 1.41. The van der Waals surface area contributed by atoms with Crippen LogP contribution in [0.3, 0.4) is 0 Å². The smallest absolute Gasteiger partial charge is 0.224 e. The van der Waals surface area contributed by atoms with Gasteiger partial charge in [0.1, 0.15) is 0 Å². The van der Waals surface area contributed by atoms with Crippen LogP contribution in [0.1, 0.15) is 24.0 Å². The lowest BCUT2D eigenvalue weighted by Gasteiger charge is -2.40. The van der Waals surface area contributed by atoms with Gasteiger partial charge in [0.15, 0.2) is 0 Å². The lowest BCUT2D eigenvalue weighted by Crippen LogP contribution is -2.52. The molecule has 0 spiro atoms. The van der Waals surface area contributed by atoms with Gasteiger partial charge in [-0.1, -0.05) is 12.1 Å². The number of fused-ring (bicyclic) bond motifs is 1. The van der Waals surface area contributed by atoms with Gasteiger partial charge in [0.2, 0.25) is 5.91 Å². The maximum absolute atomic E-state index is 12.7. The van der Waals surface area contributed by atoms with E-state index in [1.54, 1.807) is 18.6 Å². The second-order valence-electron chi connectivity index (χ2n) is 7.07. The van der Waals surface area contributed by atoms with Crippen molar-refractivity contribution in [3.05, 3.63) is 60.2 Å². The second kappa shape index (κ2) is 7.93. The fraction of sp³-hybridized carbons (Fsp3) is 0.450. The number of piperidine rings is 1. The van der Waals surface area contributed by atoms with Crippen LogP contribution in [0.4, 0.5) is 0 Å². The highest BCUT2D eigenvalue weighted by Gasteiger charge is 2.42. The highest BCUT2D eigenvalue weighted by molar-refractivity contribution is 5.79. The zero-order valence-electron chi connectivity index (χ0n) is 14.8. The molecule has 4 rings (SSSR count). The normalized spacial score (nSPS) is 25.6.